The fourth-order valence-corrected chi connectivity index (χ4v) is 3.30. The van der Waals surface area contributed by atoms with E-state index in [9.17, 15) is 17.6 Å². The molecule has 0 aliphatic carbocycles. The summed E-state index contributed by atoms with van der Waals surface area (Å²) in [5, 5.41) is 11.4. The molecule has 0 amide bonds. The molecule has 0 unspecified atom stereocenters. The lowest BCUT2D eigenvalue weighted by Gasteiger charge is -2.20. The standard InChI is InChI=1S/C23H23F4N9/c1-35(2)8-9-36(3)19-10-14(11-24)20(34-33-19)17-13-30-21-16(6-7-28-22(21)32-17)31-18-5-4-15(12-29-18)23(25,26)27/h4-7,10,12-13H,8-9,11H2,1-3H3,(H,28,29,31,32). The molecule has 4 aromatic rings. The first-order chi connectivity index (χ1) is 17.2. The van der Waals surface area contributed by atoms with Gasteiger partial charge in [-0.1, -0.05) is 0 Å². The highest BCUT2D eigenvalue weighted by molar-refractivity contribution is 5.87. The third-order valence-corrected chi connectivity index (χ3v) is 5.32. The zero-order valence-electron chi connectivity index (χ0n) is 19.8. The molecule has 188 valence electrons. The van der Waals surface area contributed by atoms with E-state index in [1.165, 1.54) is 18.5 Å². The molecule has 0 fully saturated rings. The summed E-state index contributed by atoms with van der Waals surface area (Å²) in [7, 11) is 5.78. The highest BCUT2D eigenvalue weighted by atomic mass is 19.4. The SMILES string of the molecule is CN(C)CCN(C)c1cc(CF)c(-c2cnc3c(Nc4ccc(C(F)(F)F)cn4)ccnc3n2)nn1. The minimum absolute atomic E-state index is 0.195. The van der Waals surface area contributed by atoms with Gasteiger partial charge < -0.3 is 15.1 Å². The van der Waals surface area contributed by atoms with Gasteiger partial charge in [-0.3, -0.25) is 0 Å². The molecular weight excluding hydrogens is 478 g/mol. The van der Waals surface area contributed by atoms with Gasteiger partial charge >= 0.3 is 6.18 Å². The molecule has 0 aliphatic heterocycles. The number of hydrogen-bond acceptors (Lipinski definition) is 9. The Kier molecular flexibility index (Phi) is 7.20. The van der Waals surface area contributed by atoms with E-state index in [1.54, 1.807) is 12.1 Å². The number of nitrogens with one attached hydrogen (secondary N) is 1. The van der Waals surface area contributed by atoms with E-state index < -0.39 is 18.4 Å². The maximum absolute atomic E-state index is 13.9. The van der Waals surface area contributed by atoms with Gasteiger partial charge in [0.25, 0.3) is 0 Å². The van der Waals surface area contributed by atoms with Crippen LogP contribution in [0.4, 0.5) is 34.9 Å². The number of rotatable bonds is 8. The Morgan fingerprint density at radius 3 is 2.42 bits per heavy atom. The molecule has 0 atom stereocenters. The average Bonchev–Trinajstić information content (AvgIpc) is 2.86. The zero-order chi connectivity index (χ0) is 25.9. The fraction of sp³-hybridized carbons (Fsp3) is 0.304. The van der Waals surface area contributed by atoms with Crippen LogP contribution >= 0.6 is 0 Å². The fourth-order valence-electron chi connectivity index (χ4n) is 3.30. The molecule has 0 spiro atoms. The van der Waals surface area contributed by atoms with Crippen LogP contribution in [0.5, 0.6) is 0 Å². The first-order valence-corrected chi connectivity index (χ1v) is 10.9. The Balaban J connectivity index is 1.61. The smallest absolute Gasteiger partial charge is 0.357 e. The van der Waals surface area contributed by atoms with Crippen molar-refractivity contribution in [3.8, 4) is 11.4 Å². The third kappa shape index (κ3) is 5.62. The molecule has 0 aromatic carbocycles. The van der Waals surface area contributed by atoms with Crippen LogP contribution in [0, 0.1) is 0 Å². The number of anilines is 3. The van der Waals surface area contributed by atoms with Crippen molar-refractivity contribution >= 4 is 28.5 Å². The van der Waals surface area contributed by atoms with Crippen molar-refractivity contribution in [3.63, 3.8) is 0 Å². The van der Waals surface area contributed by atoms with Gasteiger partial charge in [0, 0.05) is 38.1 Å². The number of aromatic nitrogens is 6. The highest BCUT2D eigenvalue weighted by Crippen LogP contribution is 2.30. The second-order valence-electron chi connectivity index (χ2n) is 8.28. The monoisotopic (exact) mass is 501 g/mol. The van der Waals surface area contributed by atoms with Crippen molar-refractivity contribution < 1.29 is 17.6 Å². The predicted molar refractivity (Wildman–Crippen MR) is 128 cm³/mol. The van der Waals surface area contributed by atoms with E-state index in [2.05, 4.69) is 35.5 Å². The van der Waals surface area contributed by atoms with Crippen LogP contribution in [0.15, 0.2) is 42.9 Å². The first kappa shape index (κ1) is 25.1. The topological polar surface area (TPSA) is 95.8 Å². The molecule has 4 aromatic heterocycles. The maximum Gasteiger partial charge on any atom is 0.417 e. The number of fused-ring (bicyclic) bond motifs is 1. The van der Waals surface area contributed by atoms with Crippen LogP contribution in [0.1, 0.15) is 11.1 Å². The summed E-state index contributed by atoms with van der Waals surface area (Å²) in [5.41, 5.74) is 1.05. The molecule has 36 heavy (non-hydrogen) atoms. The lowest BCUT2D eigenvalue weighted by Crippen LogP contribution is -2.29. The molecule has 13 heteroatoms. The lowest BCUT2D eigenvalue weighted by molar-refractivity contribution is -0.137. The summed E-state index contributed by atoms with van der Waals surface area (Å²) in [5.74, 6) is 0.733. The Morgan fingerprint density at radius 1 is 0.944 bits per heavy atom. The van der Waals surface area contributed by atoms with Gasteiger partial charge in [-0.15, -0.1) is 10.2 Å². The second kappa shape index (κ2) is 10.3. The Labute approximate surface area is 204 Å². The zero-order valence-corrected chi connectivity index (χ0v) is 19.8. The van der Waals surface area contributed by atoms with Crippen LogP contribution in [0.25, 0.3) is 22.6 Å². The van der Waals surface area contributed by atoms with Crippen LogP contribution in [0.2, 0.25) is 0 Å². The molecule has 1 N–H and O–H groups in total. The Hall–Kier alpha value is -4.00. The molecule has 0 aliphatic rings. The predicted octanol–water partition coefficient (Wildman–Crippen LogP) is 4.11. The molecule has 0 bridgehead atoms. The Bertz CT molecular complexity index is 1340. The minimum Gasteiger partial charge on any atom is -0.357 e. The number of pyridine rings is 2. The van der Waals surface area contributed by atoms with E-state index >= 15 is 0 Å². The van der Waals surface area contributed by atoms with Gasteiger partial charge in [0.2, 0.25) is 0 Å². The van der Waals surface area contributed by atoms with Crippen molar-refractivity contribution in [3.05, 3.63) is 54.0 Å². The van der Waals surface area contributed by atoms with Gasteiger partial charge in [-0.2, -0.15) is 13.2 Å². The molecule has 0 radical (unpaired) electrons. The van der Waals surface area contributed by atoms with Gasteiger partial charge in [-0.25, -0.2) is 24.3 Å². The highest BCUT2D eigenvalue weighted by Gasteiger charge is 2.30. The average molecular weight is 501 g/mol. The number of nitrogens with zero attached hydrogens (tertiary/aromatic N) is 8. The van der Waals surface area contributed by atoms with Crippen molar-refractivity contribution in [2.75, 3.05) is 44.4 Å². The van der Waals surface area contributed by atoms with E-state index in [4.69, 9.17) is 0 Å². The largest absolute Gasteiger partial charge is 0.417 e. The van der Waals surface area contributed by atoms with Crippen molar-refractivity contribution in [2.24, 2.45) is 0 Å². The second-order valence-corrected chi connectivity index (χ2v) is 8.28. The normalized spacial score (nSPS) is 11.8. The summed E-state index contributed by atoms with van der Waals surface area (Å²) in [6, 6.07) is 5.38. The molecule has 0 saturated heterocycles. The summed E-state index contributed by atoms with van der Waals surface area (Å²) in [4.78, 5) is 20.8. The summed E-state index contributed by atoms with van der Waals surface area (Å²) in [6.45, 7) is 0.717. The van der Waals surface area contributed by atoms with Crippen LogP contribution in [-0.2, 0) is 12.9 Å². The van der Waals surface area contributed by atoms with E-state index in [0.717, 1.165) is 18.8 Å². The first-order valence-electron chi connectivity index (χ1n) is 10.9. The number of likely N-dealkylation sites (N-methyl/N-ethyl adjacent to an activating group) is 2. The van der Waals surface area contributed by atoms with Crippen molar-refractivity contribution in [2.45, 2.75) is 12.9 Å². The summed E-state index contributed by atoms with van der Waals surface area (Å²) < 4.78 is 52.3. The lowest BCUT2D eigenvalue weighted by atomic mass is 10.1. The van der Waals surface area contributed by atoms with Crippen molar-refractivity contribution in [1.82, 2.24) is 35.0 Å². The van der Waals surface area contributed by atoms with Crippen molar-refractivity contribution in [1.29, 1.82) is 0 Å². The van der Waals surface area contributed by atoms with Gasteiger partial charge in [0.1, 0.15) is 29.4 Å². The van der Waals surface area contributed by atoms with Gasteiger partial charge in [-0.05, 0) is 38.4 Å². The summed E-state index contributed by atoms with van der Waals surface area (Å²) in [6.07, 6.45) is -0.835. The maximum atomic E-state index is 13.9. The molecule has 0 saturated carbocycles. The van der Waals surface area contributed by atoms with E-state index in [-0.39, 0.29) is 17.2 Å². The molecule has 4 heterocycles. The Morgan fingerprint density at radius 2 is 1.75 bits per heavy atom. The van der Waals surface area contributed by atoms with Gasteiger partial charge in [0.15, 0.2) is 11.5 Å². The quantitative estimate of drug-likeness (QED) is 0.358. The minimum atomic E-state index is -4.47. The molecular formula is C23H23F4N9. The molecule has 9 nitrogen and oxygen atoms in total. The van der Waals surface area contributed by atoms with Crippen LogP contribution in [-0.4, -0.2) is 69.3 Å². The summed E-state index contributed by atoms with van der Waals surface area (Å²) >= 11 is 0. The number of halogens is 4. The van der Waals surface area contributed by atoms with E-state index in [1.807, 2.05) is 30.9 Å². The third-order valence-electron chi connectivity index (χ3n) is 5.32. The number of hydrogen-bond donors (Lipinski definition) is 1. The van der Waals surface area contributed by atoms with Crippen LogP contribution in [0.3, 0.4) is 0 Å². The van der Waals surface area contributed by atoms with E-state index in [0.29, 0.717) is 34.8 Å². The van der Waals surface area contributed by atoms with Gasteiger partial charge in [0.05, 0.1) is 17.4 Å². The molecule has 4 rings (SSSR count). The van der Waals surface area contributed by atoms with Crippen LogP contribution < -0.4 is 10.2 Å². The number of alkyl halides is 4.